The molecule has 0 spiro atoms. The van der Waals surface area contributed by atoms with Gasteiger partial charge < -0.3 is 10.2 Å². The molecule has 0 radical (unpaired) electrons. The van der Waals surface area contributed by atoms with E-state index >= 15 is 0 Å². The van der Waals surface area contributed by atoms with Crippen molar-refractivity contribution in [2.45, 2.75) is 44.7 Å². The average Bonchev–Trinajstić information content (AvgIpc) is 3.17. The molecule has 1 N–H and O–H groups in total. The lowest BCUT2D eigenvalue weighted by atomic mass is 9.95. The number of amides is 2. The lowest BCUT2D eigenvalue weighted by Gasteiger charge is -2.26. The monoisotopic (exact) mass is 380 g/mol. The standard InChI is InChI=1S/C21H24N4O3/c26-19(15-7-3-1-4-8-15)14-24-11-12-25-18(21(24)28)13-17(23-25)20(27)22-16-9-5-2-6-10-16/h1,3-4,7-8,13,16H,2,5-6,9-12,14H2,(H,22,27). The van der Waals surface area contributed by atoms with Gasteiger partial charge in [-0.2, -0.15) is 5.10 Å². The second-order valence-electron chi connectivity index (χ2n) is 7.46. The molecule has 146 valence electrons. The van der Waals surface area contributed by atoms with Gasteiger partial charge in [-0.25, -0.2) is 0 Å². The highest BCUT2D eigenvalue weighted by Gasteiger charge is 2.29. The second-order valence-corrected chi connectivity index (χ2v) is 7.46. The zero-order chi connectivity index (χ0) is 19.5. The Kier molecular flexibility index (Phi) is 5.23. The Labute approximate surface area is 163 Å². The number of Topliss-reactive ketones (excluding diaryl/α,β-unsaturated/α-hetero) is 1. The summed E-state index contributed by atoms with van der Waals surface area (Å²) in [6.07, 6.45) is 5.47. The Balaban J connectivity index is 1.43. The van der Waals surface area contributed by atoms with Gasteiger partial charge in [-0.15, -0.1) is 0 Å². The third kappa shape index (κ3) is 3.83. The van der Waals surface area contributed by atoms with Gasteiger partial charge in [0.2, 0.25) is 0 Å². The number of hydrogen-bond donors (Lipinski definition) is 1. The molecule has 1 aromatic carbocycles. The first kappa shape index (κ1) is 18.4. The van der Waals surface area contributed by atoms with Crippen LogP contribution in [0.3, 0.4) is 0 Å². The minimum absolute atomic E-state index is 0.0254. The van der Waals surface area contributed by atoms with Crippen LogP contribution in [0, 0.1) is 0 Å². The van der Waals surface area contributed by atoms with Crippen LogP contribution in [0.5, 0.6) is 0 Å². The second kappa shape index (κ2) is 7.96. The summed E-state index contributed by atoms with van der Waals surface area (Å²) in [5.41, 5.74) is 1.22. The SMILES string of the molecule is O=C(CN1CCn2nc(C(=O)NC3CCCCC3)cc2C1=O)c1ccccc1. The van der Waals surface area contributed by atoms with Crippen molar-refractivity contribution in [2.75, 3.05) is 13.1 Å². The van der Waals surface area contributed by atoms with E-state index < -0.39 is 0 Å². The van der Waals surface area contributed by atoms with Crippen molar-refractivity contribution < 1.29 is 14.4 Å². The number of nitrogens with one attached hydrogen (secondary N) is 1. The molecule has 7 heteroatoms. The van der Waals surface area contributed by atoms with Crippen LogP contribution in [0.1, 0.15) is 63.4 Å². The van der Waals surface area contributed by atoms with E-state index in [0.717, 1.165) is 25.7 Å². The average molecular weight is 380 g/mol. The van der Waals surface area contributed by atoms with Crippen molar-refractivity contribution in [3.8, 4) is 0 Å². The number of aromatic nitrogens is 2. The quantitative estimate of drug-likeness (QED) is 0.807. The smallest absolute Gasteiger partial charge is 0.272 e. The van der Waals surface area contributed by atoms with Gasteiger partial charge in [0, 0.05) is 24.2 Å². The van der Waals surface area contributed by atoms with Crippen molar-refractivity contribution in [1.82, 2.24) is 20.0 Å². The predicted octanol–water partition coefficient (Wildman–Crippen LogP) is 2.28. The van der Waals surface area contributed by atoms with Crippen LogP contribution in [0.15, 0.2) is 36.4 Å². The largest absolute Gasteiger partial charge is 0.348 e. The van der Waals surface area contributed by atoms with Gasteiger partial charge in [-0.05, 0) is 12.8 Å². The van der Waals surface area contributed by atoms with Gasteiger partial charge in [-0.3, -0.25) is 19.1 Å². The molecule has 1 aliphatic carbocycles. The fourth-order valence-corrected chi connectivity index (χ4v) is 3.90. The lowest BCUT2D eigenvalue weighted by molar-refractivity contribution is 0.0658. The van der Waals surface area contributed by atoms with Gasteiger partial charge in [0.15, 0.2) is 11.5 Å². The molecule has 2 amide bonds. The molecule has 0 atom stereocenters. The van der Waals surface area contributed by atoms with Crippen LogP contribution in [0.2, 0.25) is 0 Å². The van der Waals surface area contributed by atoms with Gasteiger partial charge in [0.1, 0.15) is 5.69 Å². The molecule has 2 aromatic rings. The molecule has 0 unspecified atom stereocenters. The summed E-state index contributed by atoms with van der Waals surface area (Å²) in [5, 5.41) is 7.34. The first-order valence-electron chi connectivity index (χ1n) is 9.88. The third-order valence-corrected chi connectivity index (χ3v) is 5.47. The number of carbonyl (C=O) groups excluding carboxylic acids is 3. The molecule has 4 rings (SSSR count). The van der Waals surface area contributed by atoms with Gasteiger partial charge in [0.05, 0.1) is 13.1 Å². The summed E-state index contributed by atoms with van der Waals surface area (Å²) in [5.74, 6) is -0.592. The van der Waals surface area contributed by atoms with Crippen molar-refractivity contribution in [1.29, 1.82) is 0 Å². The predicted molar refractivity (Wildman–Crippen MR) is 103 cm³/mol. The van der Waals surface area contributed by atoms with E-state index in [-0.39, 0.29) is 35.9 Å². The van der Waals surface area contributed by atoms with Gasteiger partial charge in [-0.1, -0.05) is 49.6 Å². The number of fused-ring (bicyclic) bond motifs is 1. The van der Waals surface area contributed by atoms with Crippen LogP contribution in [0.25, 0.3) is 0 Å². The van der Waals surface area contributed by atoms with Gasteiger partial charge in [0.25, 0.3) is 11.8 Å². The topological polar surface area (TPSA) is 84.3 Å². The molecule has 2 heterocycles. The Morgan fingerprint density at radius 2 is 1.82 bits per heavy atom. The van der Waals surface area contributed by atoms with Crippen LogP contribution < -0.4 is 5.32 Å². The van der Waals surface area contributed by atoms with Crippen molar-refractivity contribution >= 4 is 17.6 Å². The summed E-state index contributed by atoms with van der Waals surface area (Å²) in [6.45, 7) is 0.896. The van der Waals surface area contributed by atoms with E-state index in [1.807, 2.05) is 6.07 Å². The highest BCUT2D eigenvalue weighted by atomic mass is 16.2. The summed E-state index contributed by atoms with van der Waals surface area (Å²) < 4.78 is 1.57. The highest BCUT2D eigenvalue weighted by Crippen LogP contribution is 2.19. The molecule has 1 aliphatic heterocycles. The Bertz CT molecular complexity index is 884. The molecule has 1 aromatic heterocycles. The molecule has 1 fully saturated rings. The zero-order valence-electron chi connectivity index (χ0n) is 15.8. The minimum Gasteiger partial charge on any atom is -0.348 e. The maximum Gasteiger partial charge on any atom is 0.272 e. The zero-order valence-corrected chi connectivity index (χ0v) is 15.8. The normalized spacial score (nSPS) is 17.3. The number of hydrogen-bond acceptors (Lipinski definition) is 4. The van der Waals surface area contributed by atoms with Crippen LogP contribution in [-0.2, 0) is 6.54 Å². The number of rotatable bonds is 5. The maximum atomic E-state index is 12.8. The Hall–Kier alpha value is -2.96. The third-order valence-electron chi connectivity index (χ3n) is 5.47. The van der Waals surface area contributed by atoms with E-state index in [9.17, 15) is 14.4 Å². The summed E-state index contributed by atoms with van der Waals surface area (Å²) in [4.78, 5) is 39.3. The summed E-state index contributed by atoms with van der Waals surface area (Å²) in [7, 11) is 0. The van der Waals surface area contributed by atoms with Crippen molar-refractivity contribution in [3.63, 3.8) is 0 Å². The Morgan fingerprint density at radius 3 is 2.57 bits per heavy atom. The lowest BCUT2D eigenvalue weighted by Crippen LogP contribution is -2.43. The van der Waals surface area contributed by atoms with E-state index in [0.29, 0.717) is 24.3 Å². The molecule has 2 aliphatic rings. The maximum absolute atomic E-state index is 12.8. The number of nitrogens with zero attached hydrogens (tertiary/aromatic N) is 3. The van der Waals surface area contributed by atoms with Crippen LogP contribution in [-0.4, -0.2) is 51.4 Å². The van der Waals surface area contributed by atoms with E-state index in [1.165, 1.54) is 11.3 Å². The molecular formula is C21H24N4O3. The fourth-order valence-electron chi connectivity index (χ4n) is 3.90. The molecular weight excluding hydrogens is 356 g/mol. The summed E-state index contributed by atoms with van der Waals surface area (Å²) >= 11 is 0. The molecule has 0 saturated heterocycles. The molecule has 0 bridgehead atoms. The minimum atomic E-state index is -0.264. The van der Waals surface area contributed by atoms with E-state index in [4.69, 9.17) is 0 Å². The molecule has 1 saturated carbocycles. The van der Waals surface area contributed by atoms with E-state index in [2.05, 4.69) is 10.4 Å². The van der Waals surface area contributed by atoms with Crippen molar-refractivity contribution in [2.24, 2.45) is 0 Å². The first-order valence-corrected chi connectivity index (χ1v) is 9.88. The fraction of sp³-hybridized carbons (Fsp3) is 0.429. The van der Waals surface area contributed by atoms with E-state index in [1.54, 1.807) is 35.0 Å². The Morgan fingerprint density at radius 1 is 1.07 bits per heavy atom. The highest BCUT2D eigenvalue weighted by molar-refractivity contribution is 6.03. The van der Waals surface area contributed by atoms with Crippen LogP contribution >= 0.6 is 0 Å². The van der Waals surface area contributed by atoms with Crippen molar-refractivity contribution in [3.05, 3.63) is 53.3 Å². The van der Waals surface area contributed by atoms with Gasteiger partial charge >= 0.3 is 0 Å². The molecule has 7 nitrogen and oxygen atoms in total. The number of benzene rings is 1. The number of carbonyl (C=O) groups is 3. The summed E-state index contributed by atoms with van der Waals surface area (Å²) in [6, 6.07) is 10.7. The van der Waals surface area contributed by atoms with Crippen LogP contribution in [0.4, 0.5) is 0 Å². The molecule has 28 heavy (non-hydrogen) atoms. The first-order chi connectivity index (χ1) is 13.6. The number of ketones is 1.